The summed E-state index contributed by atoms with van der Waals surface area (Å²) in [6.07, 6.45) is 1.14. The number of nitrogens with one attached hydrogen (secondary N) is 1. The highest BCUT2D eigenvalue weighted by Gasteiger charge is 2.21. The average molecular weight is 447 g/mol. The van der Waals surface area contributed by atoms with Crippen LogP contribution in [0.4, 0.5) is 9.18 Å². The van der Waals surface area contributed by atoms with E-state index in [4.69, 9.17) is 23.2 Å². The standard InChI is InChI=1S/C19H21Cl2FN2O3S/c1-11(15-9-18(22)17(21)10-16(15)20)23-19(25)24(3)12(2)13-5-7-14(8-6-13)28(4,26)27/h5-12H,1-4H3,(H,23,25). The summed E-state index contributed by atoms with van der Waals surface area (Å²) in [5, 5.41) is 2.94. The van der Waals surface area contributed by atoms with E-state index in [1.807, 2.05) is 6.92 Å². The van der Waals surface area contributed by atoms with Gasteiger partial charge in [-0.3, -0.25) is 0 Å². The number of amides is 2. The highest BCUT2D eigenvalue weighted by Crippen LogP contribution is 2.29. The van der Waals surface area contributed by atoms with E-state index in [-0.39, 0.29) is 21.0 Å². The van der Waals surface area contributed by atoms with Gasteiger partial charge in [0.05, 0.1) is 22.0 Å². The summed E-state index contributed by atoms with van der Waals surface area (Å²) in [4.78, 5) is 14.3. The van der Waals surface area contributed by atoms with Crippen LogP contribution in [0.25, 0.3) is 0 Å². The molecule has 0 fully saturated rings. The van der Waals surface area contributed by atoms with Gasteiger partial charge >= 0.3 is 6.03 Å². The Morgan fingerprint density at radius 2 is 1.68 bits per heavy atom. The lowest BCUT2D eigenvalue weighted by atomic mass is 10.1. The predicted molar refractivity (Wildman–Crippen MR) is 109 cm³/mol. The van der Waals surface area contributed by atoms with Crippen molar-refractivity contribution in [2.45, 2.75) is 30.8 Å². The van der Waals surface area contributed by atoms with Crippen molar-refractivity contribution in [3.63, 3.8) is 0 Å². The average Bonchev–Trinajstić information content (AvgIpc) is 2.62. The number of nitrogens with zero attached hydrogens (tertiary/aromatic N) is 1. The van der Waals surface area contributed by atoms with Gasteiger partial charge in [-0.1, -0.05) is 35.3 Å². The van der Waals surface area contributed by atoms with Gasteiger partial charge in [0.15, 0.2) is 9.84 Å². The molecular formula is C19H21Cl2FN2O3S. The molecule has 2 atom stereocenters. The summed E-state index contributed by atoms with van der Waals surface area (Å²) >= 11 is 11.8. The molecule has 0 radical (unpaired) electrons. The molecular weight excluding hydrogens is 426 g/mol. The van der Waals surface area contributed by atoms with E-state index in [9.17, 15) is 17.6 Å². The molecule has 152 valence electrons. The summed E-state index contributed by atoms with van der Waals surface area (Å²) in [6.45, 7) is 3.50. The van der Waals surface area contributed by atoms with E-state index in [1.165, 1.54) is 29.2 Å². The number of hydrogen-bond acceptors (Lipinski definition) is 3. The number of sulfone groups is 1. The van der Waals surface area contributed by atoms with Crippen LogP contribution >= 0.6 is 23.2 Å². The number of urea groups is 1. The summed E-state index contributed by atoms with van der Waals surface area (Å²) < 4.78 is 36.9. The van der Waals surface area contributed by atoms with Crippen LogP contribution in [0, 0.1) is 5.82 Å². The number of carbonyl (C=O) groups is 1. The molecule has 0 aliphatic rings. The predicted octanol–water partition coefficient (Wildman–Crippen LogP) is 5.00. The van der Waals surface area contributed by atoms with Gasteiger partial charge in [0.2, 0.25) is 0 Å². The van der Waals surface area contributed by atoms with Crippen LogP contribution in [0.2, 0.25) is 10.0 Å². The first-order valence-corrected chi connectivity index (χ1v) is 11.0. The topological polar surface area (TPSA) is 66.5 Å². The van der Waals surface area contributed by atoms with E-state index < -0.39 is 27.7 Å². The minimum Gasteiger partial charge on any atom is -0.331 e. The number of hydrogen-bond donors (Lipinski definition) is 1. The van der Waals surface area contributed by atoms with Crippen LogP contribution in [0.5, 0.6) is 0 Å². The van der Waals surface area contributed by atoms with Crippen molar-refractivity contribution in [2.75, 3.05) is 13.3 Å². The van der Waals surface area contributed by atoms with E-state index in [1.54, 1.807) is 26.1 Å². The smallest absolute Gasteiger partial charge is 0.318 e. The molecule has 0 aliphatic carbocycles. The molecule has 2 rings (SSSR count). The van der Waals surface area contributed by atoms with Crippen molar-refractivity contribution in [3.05, 3.63) is 63.4 Å². The second-order valence-electron chi connectivity index (χ2n) is 6.59. The second kappa shape index (κ2) is 8.68. The molecule has 0 spiro atoms. The Morgan fingerprint density at radius 1 is 1.11 bits per heavy atom. The molecule has 28 heavy (non-hydrogen) atoms. The molecule has 2 aromatic carbocycles. The van der Waals surface area contributed by atoms with Crippen molar-refractivity contribution in [1.29, 1.82) is 0 Å². The third-order valence-electron chi connectivity index (χ3n) is 4.54. The Kier molecular flexibility index (Phi) is 6.96. The summed E-state index contributed by atoms with van der Waals surface area (Å²) in [5.41, 5.74) is 1.18. The number of carbonyl (C=O) groups excluding carboxylic acids is 1. The van der Waals surface area contributed by atoms with E-state index in [0.717, 1.165) is 11.8 Å². The third kappa shape index (κ3) is 5.16. The van der Waals surface area contributed by atoms with Gasteiger partial charge in [-0.05, 0) is 49.2 Å². The zero-order valence-electron chi connectivity index (χ0n) is 15.8. The van der Waals surface area contributed by atoms with Crippen molar-refractivity contribution < 1.29 is 17.6 Å². The van der Waals surface area contributed by atoms with E-state index >= 15 is 0 Å². The maximum Gasteiger partial charge on any atom is 0.318 e. The van der Waals surface area contributed by atoms with Gasteiger partial charge in [0.1, 0.15) is 5.82 Å². The van der Waals surface area contributed by atoms with Gasteiger partial charge < -0.3 is 10.2 Å². The van der Waals surface area contributed by atoms with Crippen molar-refractivity contribution >= 4 is 39.1 Å². The molecule has 1 N–H and O–H groups in total. The van der Waals surface area contributed by atoms with Gasteiger partial charge in [0.25, 0.3) is 0 Å². The van der Waals surface area contributed by atoms with Crippen LogP contribution in [-0.4, -0.2) is 32.7 Å². The Bertz CT molecular complexity index is 981. The van der Waals surface area contributed by atoms with Crippen molar-refractivity contribution in [3.8, 4) is 0 Å². The van der Waals surface area contributed by atoms with Crippen LogP contribution in [0.3, 0.4) is 0 Å². The first kappa shape index (κ1) is 22.5. The molecule has 2 aromatic rings. The Morgan fingerprint density at radius 3 is 2.21 bits per heavy atom. The van der Waals surface area contributed by atoms with E-state index in [0.29, 0.717) is 5.56 Å². The van der Waals surface area contributed by atoms with Crippen molar-refractivity contribution in [2.24, 2.45) is 0 Å². The molecule has 2 amide bonds. The first-order valence-electron chi connectivity index (χ1n) is 8.39. The molecule has 0 heterocycles. The number of halogens is 3. The fourth-order valence-electron chi connectivity index (χ4n) is 2.63. The molecule has 0 saturated heterocycles. The quantitative estimate of drug-likeness (QED) is 0.656. The molecule has 5 nitrogen and oxygen atoms in total. The van der Waals surface area contributed by atoms with Crippen LogP contribution < -0.4 is 5.32 Å². The lowest BCUT2D eigenvalue weighted by Crippen LogP contribution is -2.40. The maximum atomic E-state index is 13.7. The SMILES string of the molecule is CC(NC(=O)N(C)C(C)c1ccc(S(C)(=O)=O)cc1)c1cc(F)c(Cl)cc1Cl. The monoisotopic (exact) mass is 446 g/mol. The molecule has 0 bridgehead atoms. The zero-order chi connectivity index (χ0) is 21.2. The number of rotatable bonds is 5. The van der Waals surface area contributed by atoms with Crippen molar-refractivity contribution in [1.82, 2.24) is 10.2 Å². The molecule has 0 aliphatic heterocycles. The van der Waals surface area contributed by atoms with E-state index in [2.05, 4.69) is 5.32 Å². The normalized spacial score (nSPS) is 13.7. The molecule has 0 saturated carbocycles. The Labute approximate surface area is 174 Å². The fraction of sp³-hybridized carbons (Fsp3) is 0.316. The van der Waals surface area contributed by atoms with Gasteiger partial charge in [-0.15, -0.1) is 0 Å². The summed E-state index contributed by atoms with van der Waals surface area (Å²) in [7, 11) is -1.67. The fourth-order valence-corrected chi connectivity index (χ4v) is 3.80. The number of benzene rings is 2. The lowest BCUT2D eigenvalue weighted by molar-refractivity contribution is 0.191. The van der Waals surface area contributed by atoms with Crippen LogP contribution in [0.15, 0.2) is 41.3 Å². The minimum absolute atomic E-state index is 0.0874. The minimum atomic E-state index is -3.28. The molecule has 9 heteroatoms. The first-order chi connectivity index (χ1) is 12.9. The Balaban J connectivity index is 2.12. The van der Waals surface area contributed by atoms with Crippen LogP contribution in [-0.2, 0) is 9.84 Å². The highest BCUT2D eigenvalue weighted by molar-refractivity contribution is 7.90. The molecule has 2 unspecified atom stereocenters. The maximum absolute atomic E-state index is 13.7. The highest BCUT2D eigenvalue weighted by atomic mass is 35.5. The van der Waals surface area contributed by atoms with Gasteiger partial charge in [-0.25, -0.2) is 17.6 Å². The zero-order valence-corrected chi connectivity index (χ0v) is 18.2. The third-order valence-corrected chi connectivity index (χ3v) is 6.28. The second-order valence-corrected chi connectivity index (χ2v) is 9.42. The molecule has 0 aromatic heterocycles. The van der Waals surface area contributed by atoms with Gasteiger partial charge in [-0.2, -0.15) is 0 Å². The largest absolute Gasteiger partial charge is 0.331 e. The summed E-state index contributed by atoms with van der Waals surface area (Å²) in [6, 6.07) is 7.58. The summed E-state index contributed by atoms with van der Waals surface area (Å²) in [5.74, 6) is -0.616. The Hall–Kier alpha value is -1.83. The van der Waals surface area contributed by atoms with Crippen LogP contribution in [0.1, 0.15) is 37.1 Å². The lowest BCUT2D eigenvalue weighted by Gasteiger charge is -2.28. The van der Waals surface area contributed by atoms with Gasteiger partial charge in [0, 0.05) is 18.3 Å².